The molecule has 1 aliphatic rings. The van der Waals surface area contributed by atoms with Crippen LogP contribution >= 0.6 is 0 Å². The Labute approximate surface area is 150 Å². The number of hydrogen-bond acceptors (Lipinski definition) is 3. The summed E-state index contributed by atoms with van der Waals surface area (Å²) < 4.78 is 18.8. The molecule has 0 unspecified atom stereocenters. The second-order valence-electron chi connectivity index (χ2n) is 5.65. The summed E-state index contributed by atoms with van der Waals surface area (Å²) in [5, 5.41) is 2.55. The molecule has 0 atom stereocenters. The maximum absolute atomic E-state index is 13.0. The molecule has 0 bridgehead atoms. The molecule has 1 heterocycles. The van der Waals surface area contributed by atoms with Gasteiger partial charge >= 0.3 is 6.03 Å². The van der Waals surface area contributed by atoms with E-state index in [-0.39, 0.29) is 24.7 Å². The number of amides is 3. The average Bonchev–Trinajstić information content (AvgIpc) is 2.90. The summed E-state index contributed by atoms with van der Waals surface area (Å²) in [5.41, 5.74) is 1.64. The van der Waals surface area contributed by atoms with Gasteiger partial charge in [0, 0.05) is 12.1 Å². The van der Waals surface area contributed by atoms with E-state index in [2.05, 4.69) is 11.9 Å². The van der Waals surface area contributed by atoms with Gasteiger partial charge in [-0.2, -0.15) is 0 Å². The molecule has 3 rings (SSSR count). The molecule has 3 amide bonds. The lowest BCUT2D eigenvalue weighted by Gasteiger charge is -2.10. The number of nitrogens with zero attached hydrogens (tertiary/aromatic N) is 1. The van der Waals surface area contributed by atoms with Crippen LogP contribution < -0.4 is 10.1 Å². The van der Waals surface area contributed by atoms with Crippen molar-refractivity contribution in [1.29, 1.82) is 0 Å². The van der Waals surface area contributed by atoms with Gasteiger partial charge in [-0.3, -0.25) is 9.69 Å². The van der Waals surface area contributed by atoms with Gasteiger partial charge in [0.1, 0.15) is 23.9 Å². The maximum atomic E-state index is 13.0. The fourth-order valence-electron chi connectivity index (χ4n) is 2.49. The Kier molecular flexibility index (Phi) is 5.12. The van der Waals surface area contributed by atoms with Crippen LogP contribution in [0.1, 0.15) is 11.1 Å². The molecule has 1 saturated heterocycles. The van der Waals surface area contributed by atoms with Gasteiger partial charge in [-0.15, -0.1) is 6.58 Å². The van der Waals surface area contributed by atoms with Crippen molar-refractivity contribution in [2.45, 2.75) is 6.61 Å². The highest BCUT2D eigenvalue weighted by Gasteiger charge is 2.32. The van der Waals surface area contributed by atoms with Crippen LogP contribution in [0.2, 0.25) is 0 Å². The number of rotatable bonds is 6. The Hall–Kier alpha value is -3.41. The minimum atomic E-state index is -0.481. The van der Waals surface area contributed by atoms with Crippen LogP contribution in [0.5, 0.6) is 5.75 Å². The van der Waals surface area contributed by atoms with Crippen molar-refractivity contribution in [1.82, 2.24) is 10.2 Å². The van der Waals surface area contributed by atoms with E-state index in [1.54, 1.807) is 42.5 Å². The standard InChI is InChI=1S/C20H17FN2O3/c1-2-11-23-19(24)17(22-20(23)25)12-15-5-3-4-6-18(15)26-13-14-7-9-16(21)10-8-14/h2-10,12H,1,11,13H2,(H,22,25)/b17-12-. The third kappa shape index (κ3) is 3.80. The maximum Gasteiger partial charge on any atom is 0.329 e. The summed E-state index contributed by atoms with van der Waals surface area (Å²) >= 11 is 0. The van der Waals surface area contributed by atoms with Gasteiger partial charge in [-0.05, 0) is 29.8 Å². The van der Waals surface area contributed by atoms with Crippen LogP contribution in [0, 0.1) is 5.82 Å². The molecule has 0 spiro atoms. The summed E-state index contributed by atoms with van der Waals surface area (Å²) in [5.74, 6) is -0.171. The van der Waals surface area contributed by atoms with Crippen molar-refractivity contribution in [3.63, 3.8) is 0 Å². The van der Waals surface area contributed by atoms with Crippen LogP contribution in [-0.2, 0) is 11.4 Å². The largest absolute Gasteiger partial charge is 0.488 e. The lowest BCUT2D eigenvalue weighted by molar-refractivity contribution is -0.122. The first-order valence-corrected chi connectivity index (χ1v) is 8.00. The van der Waals surface area contributed by atoms with Crippen molar-refractivity contribution >= 4 is 18.0 Å². The molecule has 1 fully saturated rings. The molecule has 1 aliphatic heterocycles. The summed E-state index contributed by atoms with van der Waals surface area (Å²) in [6.07, 6.45) is 3.06. The minimum Gasteiger partial charge on any atom is -0.488 e. The molecule has 26 heavy (non-hydrogen) atoms. The Morgan fingerprint density at radius 1 is 1.12 bits per heavy atom. The number of carbonyl (C=O) groups excluding carboxylic acids is 2. The van der Waals surface area contributed by atoms with E-state index in [4.69, 9.17) is 4.74 Å². The van der Waals surface area contributed by atoms with Gasteiger partial charge in [0.15, 0.2) is 0 Å². The van der Waals surface area contributed by atoms with E-state index < -0.39 is 11.9 Å². The predicted octanol–water partition coefficient (Wildman–Crippen LogP) is 3.48. The van der Waals surface area contributed by atoms with Crippen molar-refractivity contribution in [2.75, 3.05) is 6.54 Å². The molecule has 0 aliphatic carbocycles. The molecular weight excluding hydrogens is 335 g/mol. The Morgan fingerprint density at radius 2 is 1.85 bits per heavy atom. The lowest BCUT2D eigenvalue weighted by Crippen LogP contribution is -2.30. The summed E-state index contributed by atoms with van der Waals surface area (Å²) in [4.78, 5) is 25.2. The zero-order chi connectivity index (χ0) is 18.5. The van der Waals surface area contributed by atoms with Gasteiger partial charge in [-0.1, -0.05) is 36.4 Å². The predicted molar refractivity (Wildman–Crippen MR) is 95.6 cm³/mol. The summed E-state index contributed by atoms with van der Waals surface area (Å²) in [7, 11) is 0. The first-order valence-electron chi connectivity index (χ1n) is 8.00. The van der Waals surface area contributed by atoms with Gasteiger partial charge in [-0.25, -0.2) is 9.18 Å². The zero-order valence-corrected chi connectivity index (χ0v) is 13.9. The fraction of sp³-hybridized carbons (Fsp3) is 0.100. The number of benzene rings is 2. The second-order valence-corrected chi connectivity index (χ2v) is 5.65. The van der Waals surface area contributed by atoms with Crippen molar-refractivity contribution in [3.8, 4) is 5.75 Å². The molecule has 1 N–H and O–H groups in total. The van der Waals surface area contributed by atoms with E-state index in [1.807, 2.05) is 0 Å². The third-order valence-corrected chi connectivity index (χ3v) is 3.80. The third-order valence-electron chi connectivity index (χ3n) is 3.80. The number of ether oxygens (including phenoxy) is 1. The monoisotopic (exact) mass is 352 g/mol. The number of carbonyl (C=O) groups is 2. The van der Waals surface area contributed by atoms with Gasteiger partial charge in [0.25, 0.3) is 5.91 Å². The first kappa shape index (κ1) is 17.4. The molecular formula is C20H17FN2O3. The number of nitrogens with one attached hydrogen (secondary N) is 1. The minimum absolute atomic E-state index is 0.144. The van der Waals surface area contributed by atoms with E-state index in [0.717, 1.165) is 10.5 Å². The molecule has 132 valence electrons. The first-order chi connectivity index (χ1) is 12.6. The fourth-order valence-corrected chi connectivity index (χ4v) is 2.49. The molecule has 0 radical (unpaired) electrons. The quantitative estimate of drug-likeness (QED) is 0.492. The topological polar surface area (TPSA) is 58.6 Å². The molecule has 2 aromatic rings. The zero-order valence-electron chi connectivity index (χ0n) is 13.9. The second kappa shape index (κ2) is 7.65. The SMILES string of the molecule is C=CCN1C(=O)N/C(=C\c2ccccc2OCc2ccc(F)cc2)C1=O. The number of hydrogen-bond donors (Lipinski definition) is 1. The van der Waals surface area contributed by atoms with Crippen LogP contribution in [-0.4, -0.2) is 23.4 Å². The lowest BCUT2D eigenvalue weighted by atomic mass is 10.1. The summed E-state index contributed by atoms with van der Waals surface area (Å²) in [6.45, 7) is 3.93. The highest BCUT2D eigenvalue weighted by Crippen LogP contribution is 2.23. The Morgan fingerprint density at radius 3 is 2.58 bits per heavy atom. The number of para-hydroxylation sites is 1. The molecule has 6 heteroatoms. The average molecular weight is 352 g/mol. The van der Waals surface area contributed by atoms with Crippen LogP contribution in [0.25, 0.3) is 6.08 Å². The van der Waals surface area contributed by atoms with Crippen molar-refractivity contribution in [3.05, 3.63) is 83.8 Å². The Balaban J connectivity index is 1.79. The van der Waals surface area contributed by atoms with Gasteiger partial charge in [0.2, 0.25) is 0 Å². The normalized spacial score (nSPS) is 15.3. The highest BCUT2D eigenvalue weighted by molar-refractivity contribution is 6.14. The number of imide groups is 1. The highest BCUT2D eigenvalue weighted by atomic mass is 19.1. The van der Waals surface area contributed by atoms with Gasteiger partial charge < -0.3 is 10.1 Å². The van der Waals surface area contributed by atoms with Gasteiger partial charge in [0.05, 0.1) is 0 Å². The van der Waals surface area contributed by atoms with Crippen LogP contribution in [0.15, 0.2) is 66.9 Å². The number of urea groups is 1. The number of halogens is 1. The molecule has 5 nitrogen and oxygen atoms in total. The molecule has 0 aromatic heterocycles. The van der Waals surface area contributed by atoms with E-state index in [9.17, 15) is 14.0 Å². The van der Waals surface area contributed by atoms with E-state index in [1.165, 1.54) is 18.2 Å². The molecule has 2 aromatic carbocycles. The van der Waals surface area contributed by atoms with Crippen LogP contribution in [0.4, 0.5) is 9.18 Å². The Bertz CT molecular complexity index is 875. The van der Waals surface area contributed by atoms with E-state index >= 15 is 0 Å². The van der Waals surface area contributed by atoms with Crippen LogP contribution in [0.3, 0.4) is 0 Å². The van der Waals surface area contributed by atoms with Crippen molar-refractivity contribution in [2.24, 2.45) is 0 Å². The van der Waals surface area contributed by atoms with Crippen molar-refractivity contribution < 1.29 is 18.7 Å². The summed E-state index contributed by atoms with van der Waals surface area (Å²) in [6, 6.07) is 12.7. The smallest absolute Gasteiger partial charge is 0.329 e. The van der Waals surface area contributed by atoms with E-state index in [0.29, 0.717) is 11.3 Å². The molecule has 0 saturated carbocycles.